The van der Waals surface area contributed by atoms with Crippen molar-refractivity contribution < 1.29 is 23.8 Å². The van der Waals surface area contributed by atoms with E-state index in [1.165, 1.54) is 12.1 Å². The zero-order valence-corrected chi connectivity index (χ0v) is 13.6. The van der Waals surface area contributed by atoms with Crippen LogP contribution in [-0.4, -0.2) is 72.2 Å². The molecule has 0 aliphatic carbocycles. The van der Waals surface area contributed by atoms with E-state index >= 15 is 0 Å². The zero-order valence-electron chi connectivity index (χ0n) is 13.6. The number of aryl methyl sites for hydroxylation is 1. The highest BCUT2D eigenvalue weighted by Crippen LogP contribution is 2.22. The molecule has 0 unspecified atom stereocenters. The van der Waals surface area contributed by atoms with Crippen molar-refractivity contribution in [3.05, 3.63) is 35.1 Å². The molecule has 2 aliphatic heterocycles. The van der Waals surface area contributed by atoms with Gasteiger partial charge in [0, 0.05) is 31.1 Å². The molecule has 1 aromatic carbocycles. The predicted octanol–water partition coefficient (Wildman–Crippen LogP) is 0.992. The summed E-state index contributed by atoms with van der Waals surface area (Å²) in [6.07, 6.45) is 0. The molecular weight excluding hydrogens is 315 g/mol. The van der Waals surface area contributed by atoms with Crippen LogP contribution in [0, 0.1) is 18.7 Å². The molecule has 2 heterocycles. The van der Waals surface area contributed by atoms with E-state index in [0.717, 1.165) is 5.56 Å². The fourth-order valence-corrected chi connectivity index (χ4v) is 3.46. The number of carbonyl (C=O) groups is 2. The maximum atomic E-state index is 13.5. The second-order valence-corrected chi connectivity index (χ2v) is 6.55. The highest BCUT2D eigenvalue weighted by molar-refractivity contribution is 5.95. The lowest BCUT2D eigenvalue weighted by Gasteiger charge is -2.31. The highest BCUT2D eigenvalue weighted by atomic mass is 19.1. The van der Waals surface area contributed by atoms with Crippen LogP contribution in [0.1, 0.15) is 15.9 Å². The Balaban J connectivity index is 1.83. The molecule has 3 rings (SSSR count). The molecule has 130 valence electrons. The second-order valence-electron chi connectivity index (χ2n) is 6.55. The van der Waals surface area contributed by atoms with Crippen LogP contribution in [-0.2, 0) is 9.53 Å². The minimum atomic E-state index is -0.888. The molecule has 1 amide bonds. The summed E-state index contributed by atoms with van der Waals surface area (Å²) in [6.45, 7) is 4.08. The van der Waals surface area contributed by atoms with Crippen LogP contribution < -0.4 is 0 Å². The zero-order chi connectivity index (χ0) is 17.3. The van der Waals surface area contributed by atoms with E-state index in [9.17, 15) is 14.0 Å². The number of hydrogen-bond donors (Lipinski definition) is 1. The summed E-state index contributed by atoms with van der Waals surface area (Å²) in [6, 6.07) is 4.04. The third-order valence-corrected chi connectivity index (χ3v) is 4.64. The molecule has 24 heavy (non-hydrogen) atoms. The van der Waals surface area contributed by atoms with Crippen LogP contribution in [0.4, 0.5) is 4.39 Å². The summed E-state index contributed by atoms with van der Waals surface area (Å²) in [4.78, 5) is 27.5. The van der Waals surface area contributed by atoms with Gasteiger partial charge >= 0.3 is 5.97 Å². The first-order valence-electron chi connectivity index (χ1n) is 8.03. The van der Waals surface area contributed by atoms with E-state index in [1.807, 2.05) is 4.90 Å². The SMILES string of the molecule is Cc1ccc(F)cc1C(=O)N1C[C@@H]2COC[C@H](C1)N(CC(=O)O)C2. The Labute approximate surface area is 139 Å². The van der Waals surface area contributed by atoms with E-state index in [4.69, 9.17) is 9.84 Å². The number of carboxylic acid groups (broad SMARTS) is 1. The smallest absolute Gasteiger partial charge is 0.317 e. The summed E-state index contributed by atoms with van der Waals surface area (Å²) in [5.41, 5.74) is 1.09. The molecule has 7 heteroatoms. The molecule has 6 nitrogen and oxygen atoms in total. The molecule has 1 aromatic rings. The largest absolute Gasteiger partial charge is 0.480 e. The summed E-state index contributed by atoms with van der Waals surface area (Å²) >= 11 is 0. The van der Waals surface area contributed by atoms with E-state index in [1.54, 1.807) is 17.9 Å². The van der Waals surface area contributed by atoms with E-state index in [2.05, 4.69) is 0 Å². The van der Waals surface area contributed by atoms with Crippen LogP contribution in [0.25, 0.3) is 0 Å². The van der Waals surface area contributed by atoms with Gasteiger partial charge in [-0.2, -0.15) is 0 Å². The van der Waals surface area contributed by atoms with E-state index in [0.29, 0.717) is 38.4 Å². The Morgan fingerprint density at radius 3 is 2.83 bits per heavy atom. The van der Waals surface area contributed by atoms with Crippen LogP contribution >= 0.6 is 0 Å². The van der Waals surface area contributed by atoms with Gasteiger partial charge in [-0.1, -0.05) is 6.07 Å². The number of ether oxygens (including phenoxy) is 1. The molecule has 2 fully saturated rings. The maximum absolute atomic E-state index is 13.5. The molecule has 2 saturated heterocycles. The predicted molar refractivity (Wildman–Crippen MR) is 84.3 cm³/mol. The topological polar surface area (TPSA) is 70.1 Å². The highest BCUT2D eigenvalue weighted by Gasteiger charge is 2.36. The van der Waals surface area contributed by atoms with Gasteiger partial charge in [-0.05, 0) is 24.6 Å². The lowest BCUT2D eigenvalue weighted by molar-refractivity contribution is -0.139. The van der Waals surface area contributed by atoms with Crippen molar-refractivity contribution in [2.75, 3.05) is 39.4 Å². The van der Waals surface area contributed by atoms with Crippen molar-refractivity contribution in [1.82, 2.24) is 9.80 Å². The van der Waals surface area contributed by atoms with Crippen molar-refractivity contribution in [1.29, 1.82) is 0 Å². The third-order valence-electron chi connectivity index (χ3n) is 4.64. The molecule has 0 spiro atoms. The standard InChI is InChI=1S/C17H21FN2O4/c1-11-2-3-13(18)4-15(11)17(23)20-6-12-5-19(8-16(21)22)14(7-20)10-24-9-12/h2-4,12,14H,5-10H2,1H3,(H,21,22)/t12-,14+/m1/s1. The lowest BCUT2D eigenvalue weighted by Crippen LogP contribution is -2.47. The molecule has 0 saturated carbocycles. The quantitative estimate of drug-likeness (QED) is 0.891. The number of hydrogen-bond acceptors (Lipinski definition) is 4. The number of rotatable bonds is 3. The average molecular weight is 336 g/mol. The molecule has 2 atom stereocenters. The van der Waals surface area contributed by atoms with E-state index < -0.39 is 11.8 Å². The first-order valence-corrected chi connectivity index (χ1v) is 8.03. The Hall–Kier alpha value is -1.99. The Kier molecular flexibility index (Phi) is 4.82. The number of carboxylic acids is 1. The van der Waals surface area contributed by atoms with Crippen LogP contribution in [0.3, 0.4) is 0 Å². The lowest BCUT2D eigenvalue weighted by atomic mass is 10.1. The maximum Gasteiger partial charge on any atom is 0.317 e. The van der Waals surface area contributed by atoms with Crippen LogP contribution in [0.5, 0.6) is 0 Å². The summed E-state index contributed by atoms with van der Waals surface area (Å²) < 4.78 is 19.1. The number of aliphatic carboxylic acids is 1. The minimum absolute atomic E-state index is 0.0506. The molecule has 0 radical (unpaired) electrons. The number of amides is 1. The molecular formula is C17H21FN2O4. The first kappa shape index (κ1) is 16.9. The van der Waals surface area contributed by atoms with Gasteiger partial charge in [0.15, 0.2) is 0 Å². The van der Waals surface area contributed by atoms with Gasteiger partial charge in [0.25, 0.3) is 5.91 Å². The van der Waals surface area contributed by atoms with Gasteiger partial charge in [0.05, 0.1) is 25.8 Å². The average Bonchev–Trinajstić information content (AvgIpc) is 2.78. The third kappa shape index (κ3) is 3.57. The van der Waals surface area contributed by atoms with Gasteiger partial charge in [-0.15, -0.1) is 0 Å². The number of carbonyl (C=O) groups excluding carboxylic acids is 1. The fraction of sp³-hybridized carbons (Fsp3) is 0.529. The Bertz CT molecular complexity index is 651. The molecule has 2 bridgehead atoms. The minimum Gasteiger partial charge on any atom is -0.480 e. The summed E-state index contributed by atoms with van der Waals surface area (Å²) in [5.74, 6) is -1.48. The number of nitrogens with zero attached hydrogens (tertiary/aromatic N) is 2. The molecule has 2 aliphatic rings. The van der Waals surface area contributed by atoms with E-state index in [-0.39, 0.29) is 24.4 Å². The van der Waals surface area contributed by atoms with Crippen LogP contribution in [0.15, 0.2) is 18.2 Å². The van der Waals surface area contributed by atoms with Crippen molar-refractivity contribution in [2.45, 2.75) is 13.0 Å². The number of halogens is 1. The molecule has 0 aromatic heterocycles. The summed E-state index contributed by atoms with van der Waals surface area (Å²) in [5, 5.41) is 9.09. The number of fused-ring (bicyclic) bond motifs is 3. The van der Waals surface area contributed by atoms with Crippen molar-refractivity contribution in [2.24, 2.45) is 5.92 Å². The van der Waals surface area contributed by atoms with Gasteiger partial charge in [0.1, 0.15) is 5.82 Å². The van der Waals surface area contributed by atoms with Crippen molar-refractivity contribution in [3.63, 3.8) is 0 Å². The van der Waals surface area contributed by atoms with Gasteiger partial charge < -0.3 is 14.7 Å². The number of benzene rings is 1. The first-order chi connectivity index (χ1) is 11.4. The van der Waals surface area contributed by atoms with Crippen molar-refractivity contribution >= 4 is 11.9 Å². The normalized spacial score (nSPS) is 24.5. The molecule has 1 N–H and O–H groups in total. The monoisotopic (exact) mass is 336 g/mol. The van der Waals surface area contributed by atoms with Gasteiger partial charge in [0.2, 0.25) is 0 Å². The second kappa shape index (κ2) is 6.86. The van der Waals surface area contributed by atoms with Crippen molar-refractivity contribution in [3.8, 4) is 0 Å². The Morgan fingerprint density at radius 2 is 2.08 bits per heavy atom. The Morgan fingerprint density at radius 1 is 1.29 bits per heavy atom. The van der Waals surface area contributed by atoms with Gasteiger partial charge in [-0.3, -0.25) is 14.5 Å². The van der Waals surface area contributed by atoms with Gasteiger partial charge in [-0.25, -0.2) is 4.39 Å². The van der Waals surface area contributed by atoms with Crippen LogP contribution in [0.2, 0.25) is 0 Å². The fourth-order valence-electron chi connectivity index (χ4n) is 3.46. The summed E-state index contributed by atoms with van der Waals surface area (Å²) in [7, 11) is 0.